The van der Waals surface area contributed by atoms with E-state index in [-0.39, 0.29) is 6.79 Å². The molecule has 1 aliphatic heterocycles. The number of rotatable bonds is 4. The van der Waals surface area contributed by atoms with Crippen LogP contribution in [0.25, 0.3) is 0 Å². The average molecular weight is 227 g/mol. The number of halogens is 1. The van der Waals surface area contributed by atoms with Crippen LogP contribution in [0.4, 0.5) is 4.39 Å². The molecular weight excluding hydrogens is 213 g/mol. The van der Waals surface area contributed by atoms with Gasteiger partial charge in [-0.1, -0.05) is 0 Å². The summed E-state index contributed by atoms with van der Waals surface area (Å²) in [5.74, 6) is 0.986. The van der Waals surface area contributed by atoms with Gasteiger partial charge in [0.1, 0.15) is 6.67 Å². The van der Waals surface area contributed by atoms with Crippen molar-refractivity contribution in [1.82, 2.24) is 0 Å². The first-order valence-corrected chi connectivity index (χ1v) is 5.12. The number of benzene rings is 1. The largest absolute Gasteiger partial charge is 0.454 e. The van der Waals surface area contributed by atoms with Gasteiger partial charge >= 0.3 is 0 Å². The SMILES string of the molecule is NCCC(O)c1cc(CF)cc2c1OCO2. The molecule has 1 aliphatic rings. The van der Waals surface area contributed by atoms with E-state index >= 15 is 0 Å². The Hall–Kier alpha value is -1.33. The number of hydrogen-bond acceptors (Lipinski definition) is 4. The Balaban J connectivity index is 2.38. The van der Waals surface area contributed by atoms with Crippen molar-refractivity contribution in [3.63, 3.8) is 0 Å². The Morgan fingerprint density at radius 2 is 2.25 bits per heavy atom. The standard InChI is InChI=1S/C11H14FNO3/c12-5-7-3-8(9(14)1-2-13)11-10(4-7)15-6-16-11/h3-4,9,14H,1-2,5-6,13H2. The number of ether oxygens (including phenoxy) is 2. The summed E-state index contributed by atoms with van der Waals surface area (Å²) in [7, 11) is 0. The molecule has 1 aromatic carbocycles. The van der Waals surface area contributed by atoms with Gasteiger partial charge in [-0.05, 0) is 30.7 Å². The van der Waals surface area contributed by atoms with Crippen molar-refractivity contribution in [2.75, 3.05) is 13.3 Å². The maximum Gasteiger partial charge on any atom is 0.231 e. The predicted octanol–water partition coefficient (Wildman–Crippen LogP) is 1.27. The monoisotopic (exact) mass is 227 g/mol. The lowest BCUT2D eigenvalue weighted by Gasteiger charge is -2.13. The molecule has 0 aromatic heterocycles. The Kier molecular flexibility index (Phi) is 3.26. The number of alkyl halides is 1. The summed E-state index contributed by atoms with van der Waals surface area (Å²) < 4.78 is 23.1. The topological polar surface area (TPSA) is 64.7 Å². The van der Waals surface area contributed by atoms with Crippen molar-refractivity contribution in [3.05, 3.63) is 23.3 Å². The minimum Gasteiger partial charge on any atom is -0.454 e. The first-order valence-electron chi connectivity index (χ1n) is 5.12. The van der Waals surface area contributed by atoms with Crippen LogP contribution in [-0.2, 0) is 6.67 Å². The predicted molar refractivity (Wildman–Crippen MR) is 56.0 cm³/mol. The van der Waals surface area contributed by atoms with Gasteiger partial charge in [0, 0.05) is 5.56 Å². The van der Waals surface area contributed by atoms with Gasteiger partial charge in [0.05, 0.1) is 6.10 Å². The molecule has 5 heteroatoms. The van der Waals surface area contributed by atoms with Gasteiger partial charge in [-0.25, -0.2) is 4.39 Å². The van der Waals surface area contributed by atoms with Crippen LogP contribution in [0.15, 0.2) is 12.1 Å². The lowest BCUT2D eigenvalue weighted by Crippen LogP contribution is -2.08. The van der Waals surface area contributed by atoms with Crippen LogP contribution in [0.1, 0.15) is 23.7 Å². The maximum absolute atomic E-state index is 12.6. The molecule has 88 valence electrons. The fourth-order valence-corrected chi connectivity index (χ4v) is 1.73. The van der Waals surface area contributed by atoms with Crippen LogP contribution < -0.4 is 15.2 Å². The molecule has 0 radical (unpaired) electrons. The van der Waals surface area contributed by atoms with Gasteiger partial charge in [0.25, 0.3) is 0 Å². The van der Waals surface area contributed by atoms with Crippen LogP contribution >= 0.6 is 0 Å². The zero-order valence-electron chi connectivity index (χ0n) is 8.78. The molecule has 1 unspecified atom stereocenters. The van der Waals surface area contributed by atoms with Crippen LogP contribution in [0.5, 0.6) is 11.5 Å². The summed E-state index contributed by atoms with van der Waals surface area (Å²) in [6.07, 6.45) is -0.335. The minimum absolute atomic E-state index is 0.105. The van der Waals surface area contributed by atoms with Crippen molar-refractivity contribution in [2.24, 2.45) is 5.73 Å². The third kappa shape index (κ3) is 1.96. The van der Waals surface area contributed by atoms with Crippen LogP contribution in [0.3, 0.4) is 0 Å². The van der Waals surface area contributed by atoms with E-state index in [4.69, 9.17) is 15.2 Å². The number of hydrogen-bond donors (Lipinski definition) is 2. The second-order valence-electron chi connectivity index (χ2n) is 3.65. The third-order valence-electron chi connectivity index (χ3n) is 2.51. The van der Waals surface area contributed by atoms with Crippen LogP contribution in [0.2, 0.25) is 0 Å². The van der Waals surface area contributed by atoms with E-state index in [1.54, 1.807) is 12.1 Å². The Morgan fingerprint density at radius 1 is 1.44 bits per heavy atom. The van der Waals surface area contributed by atoms with Gasteiger partial charge in [-0.2, -0.15) is 0 Å². The Morgan fingerprint density at radius 3 is 2.94 bits per heavy atom. The number of fused-ring (bicyclic) bond motifs is 1. The van der Waals surface area contributed by atoms with E-state index in [2.05, 4.69) is 0 Å². The molecule has 16 heavy (non-hydrogen) atoms. The van der Waals surface area contributed by atoms with E-state index in [0.29, 0.717) is 35.6 Å². The van der Waals surface area contributed by atoms with Gasteiger partial charge in [-0.3, -0.25) is 0 Å². The average Bonchev–Trinajstić information content (AvgIpc) is 2.75. The zero-order chi connectivity index (χ0) is 11.5. The normalized spacial score (nSPS) is 15.2. The van der Waals surface area contributed by atoms with Gasteiger partial charge in [0.2, 0.25) is 6.79 Å². The van der Waals surface area contributed by atoms with E-state index < -0.39 is 12.8 Å². The highest BCUT2D eigenvalue weighted by Crippen LogP contribution is 2.40. The number of nitrogens with two attached hydrogens (primary N) is 1. The van der Waals surface area contributed by atoms with E-state index in [9.17, 15) is 9.50 Å². The van der Waals surface area contributed by atoms with Crippen molar-refractivity contribution in [1.29, 1.82) is 0 Å². The van der Waals surface area contributed by atoms with Gasteiger partial charge in [-0.15, -0.1) is 0 Å². The van der Waals surface area contributed by atoms with Crippen molar-refractivity contribution in [3.8, 4) is 11.5 Å². The zero-order valence-corrected chi connectivity index (χ0v) is 8.78. The molecule has 1 atom stereocenters. The molecule has 0 spiro atoms. The summed E-state index contributed by atoms with van der Waals surface area (Å²) in [4.78, 5) is 0. The van der Waals surface area contributed by atoms with E-state index in [1.165, 1.54) is 0 Å². The number of aliphatic hydroxyl groups is 1. The first kappa shape index (κ1) is 11.2. The highest BCUT2D eigenvalue weighted by Gasteiger charge is 2.23. The molecule has 0 aliphatic carbocycles. The summed E-state index contributed by atoms with van der Waals surface area (Å²) >= 11 is 0. The molecule has 1 aromatic rings. The van der Waals surface area contributed by atoms with Crippen molar-refractivity contribution >= 4 is 0 Å². The van der Waals surface area contributed by atoms with Gasteiger partial charge < -0.3 is 20.3 Å². The van der Waals surface area contributed by atoms with E-state index in [0.717, 1.165) is 0 Å². The first-order chi connectivity index (χ1) is 7.76. The molecule has 0 bridgehead atoms. The van der Waals surface area contributed by atoms with Crippen molar-refractivity contribution in [2.45, 2.75) is 19.2 Å². The van der Waals surface area contributed by atoms with E-state index in [1.807, 2.05) is 0 Å². The maximum atomic E-state index is 12.6. The second kappa shape index (κ2) is 4.67. The molecule has 0 saturated carbocycles. The lowest BCUT2D eigenvalue weighted by atomic mass is 10.0. The summed E-state index contributed by atoms with van der Waals surface area (Å²) in [6, 6.07) is 3.18. The molecule has 1 heterocycles. The molecular formula is C11H14FNO3. The Labute approximate surface area is 92.8 Å². The minimum atomic E-state index is -0.744. The lowest BCUT2D eigenvalue weighted by molar-refractivity contribution is 0.153. The summed E-state index contributed by atoms with van der Waals surface area (Å²) in [5.41, 5.74) is 6.39. The van der Waals surface area contributed by atoms with Gasteiger partial charge in [0.15, 0.2) is 11.5 Å². The molecule has 3 N–H and O–H groups in total. The molecule has 0 fully saturated rings. The summed E-state index contributed by atoms with van der Waals surface area (Å²) in [6.45, 7) is -0.136. The molecule has 2 rings (SSSR count). The highest BCUT2D eigenvalue weighted by molar-refractivity contribution is 5.51. The summed E-state index contributed by atoms with van der Waals surface area (Å²) in [5, 5.41) is 9.87. The quantitative estimate of drug-likeness (QED) is 0.813. The fraction of sp³-hybridized carbons (Fsp3) is 0.455. The van der Waals surface area contributed by atoms with Crippen LogP contribution in [-0.4, -0.2) is 18.4 Å². The number of aliphatic hydroxyl groups excluding tert-OH is 1. The second-order valence-corrected chi connectivity index (χ2v) is 3.65. The van der Waals surface area contributed by atoms with Crippen molar-refractivity contribution < 1.29 is 19.0 Å². The molecule has 0 saturated heterocycles. The fourth-order valence-electron chi connectivity index (χ4n) is 1.73. The molecule has 0 amide bonds. The Bertz CT molecular complexity index is 384. The smallest absolute Gasteiger partial charge is 0.231 e. The highest BCUT2D eigenvalue weighted by atomic mass is 19.1. The van der Waals surface area contributed by atoms with Crippen LogP contribution in [0, 0.1) is 0 Å². The molecule has 4 nitrogen and oxygen atoms in total. The third-order valence-corrected chi connectivity index (χ3v) is 2.51.